The molecule has 0 unspecified atom stereocenters. The molecule has 5 heteroatoms. The third-order valence-electron chi connectivity index (χ3n) is 10.8. The van der Waals surface area contributed by atoms with E-state index in [-0.39, 0.29) is 22.4 Å². The highest BCUT2D eigenvalue weighted by Gasteiger charge is 2.49. The van der Waals surface area contributed by atoms with Crippen molar-refractivity contribution in [3.63, 3.8) is 0 Å². The Hall–Kier alpha value is -4.90. The summed E-state index contributed by atoms with van der Waals surface area (Å²) >= 11 is 0. The Morgan fingerprint density at radius 2 is 1.41 bits per heavy atom. The van der Waals surface area contributed by atoms with Gasteiger partial charge in [-0.3, -0.25) is 9.59 Å². The van der Waals surface area contributed by atoms with Crippen molar-refractivity contribution in [2.24, 2.45) is 10.8 Å². The van der Waals surface area contributed by atoms with Gasteiger partial charge in [0.1, 0.15) is 6.61 Å². The van der Waals surface area contributed by atoms with Gasteiger partial charge in [-0.25, -0.2) is 0 Å². The van der Waals surface area contributed by atoms with Crippen LogP contribution < -0.4 is 9.47 Å². The van der Waals surface area contributed by atoms with E-state index in [1.807, 2.05) is 30.3 Å². The quantitative estimate of drug-likeness (QED) is 0.156. The third kappa shape index (κ3) is 6.79. The summed E-state index contributed by atoms with van der Waals surface area (Å²) in [6, 6.07) is 29.2. The number of ether oxygens (including phenoxy) is 2. The minimum absolute atomic E-state index is 0.126. The van der Waals surface area contributed by atoms with Crippen LogP contribution in [0.4, 0.5) is 0 Å². The molecule has 0 amide bonds. The van der Waals surface area contributed by atoms with E-state index < -0.39 is 5.92 Å². The van der Waals surface area contributed by atoms with Crippen molar-refractivity contribution >= 4 is 22.3 Å². The molecule has 0 saturated heterocycles. The first-order valence-electron chi connectivity index (χ1n) is 18.2. The van der Waals surface area contributed by atoms with Crippen LogP contribution in [0.15, 0.2) is 120 Å². The Labute approximate surface area is 302 Å². The highest BCUT2D eigenvalue weighted by molar-refractivity contribution is 6.07. The van der Waals surface area contributed by atoms with Crippen molar-refractivity contribution in [3.05, 3.63) is 142 Å². The summed E-state index contributed by atoms with van der Waals surface area (Å²) in [5.74, 6) is 1.03. The van der Waals surface area contributed by atoms with Crippen LogP contribution in [-0.2, 0) is 29.0 Å². The molecule has 262 valence electrons. The molecule has 4 aromatic carbocycles. The summed E-state index contributed by atoms with van der Waals surface area (Å²) in [6.45, 7) is 13.9. The number of carbonyl (C=O) groups is 2. The standard InChI is InChI=1S/C46H49NO4/c1-7-14-32-23-34(24-40(50-6)44(32)51-29-33-19-13-18-31-17-11-12-20-35(31)33)41-42-36(25-45(2,3)27-38(42)48)47(22-21-30-15-9-8-10-16-30)37-26-46(4,5)28-39(49)43(37)41/h7-13,15-20,23-24,41H,1,14,21-22,25-29H2,2-6H3. The second kappa shape index (κ2) is 13.7. The predicted octanol–water partition coefficient (Wildman–Crippen LogP) is 10.1. The molecule has 0 radical (unpaired) electrons. The molecule has 3 aliphatic rings. The third-order valence-corrected chi connectivity index (χ3v) is 10.8. The Kier molecular flexibility index (Phi) is 9.26. The zero-order chi connectivity index (χ0) is 35.9. The lowest BCUT2D eigenvalue weighted by Gasteiger charge is -2.49. The van der Waals surface area contributed by atoms with Crippen molar-refractivity contribution in [2.75, 3.05) is 13.7 Å². The summed E-state index contributed by atoms with van der Waals surface area (Å²) in [7, 11) is 1.66. The first kappa shape index (κ1) is 34.5. The number of hydrogen-bond acceptors (Lipinski definition) is 5. The van der Waals surface area contributed by atoms with Gasteiger partial charge in [-0.15, -0.1) is 6.58 Å². The average molecular weight is 680 g/mol. The van der Waals surface area contributed by atoms with Gasteiger partial charge in [-0.05, 0) is 70.0 Å². The van der Waals surface area contributed by atoms with Gasteiger partial charge in [0.25, 0.3) is 0 Å². The minimum atomic E-state index is -0.472. The zero-order valence-corrected chi connectivity index (χ0v) is 30.7. The van der Waals surface area contributed by atoms with Gasteiger partial charge in [-0.1, -0.05) is 113 Å². The van der Waals surface area contributed by atoms with Gasteiger partial charge in [0, 0.05) is 53.4 Å². The number of carbonyl (C=O) groups excluding carboxylic acids is 2. The maximum absolute atomic E-state index is 14.5. The van der Waals surface area contributed by atoms with Gasteiger partial charge in [0.15, 0.2) is 23.1 Å². The molecule has 1 heterocycles. The molecule has 0 N–H and O–H groups in total. The SMILES string of the molecule is C=CCc1cc(C2C3=C(CC(C)(C)CC3=O)N(CCc3ccccc3)C3=C2C(=O)CC(C)(C)C3)cc(OC)c1OCc1cccc2ccccc12. The second-order valence-electron chi connectivity index (χ2n) is 16.1. The fraction of sp³-hybridized carbons (Fsp3) is 0.348. The number of hydrogen-bond donors (Lipinski definition) is 0. The molecule has 0 saturated carbocycles. The molecular formula is C46H49NO4. The van der Waals surface area contributed by atoms with Crippen LogP contribution in [0.2, 0.25) is 0 Å². The van der Waals surface area contributed by atoms with E-state index in [9.17, 15) is 9.59 Å². The molecule has 5 nitrogen and oxygen atoms in total. The molecule has 0 aromatic heterocycles. The summed E-state index contributed by atoms with van der Waals surface area (Å²) in [5.41, 5.74) is 7.43. The molecule has 51 heavy (non-hydrogen) atoms. The Morgan fingerprint density at radius 3 is 2.06 bits per heavy atom. The molecule has 2 aliphatic carbocycles. The van der Waals surface area contributed by atoms with E-state index in [4.69, 9.17) is 9.47 Å². The lowest BCUT2D eigenvalue weighted by atomic mass is 9.63. The lowest BCUT2D eigenvalue weighted by molar-refractivity contribution is -0.119. The lowest BCUT2D eigenvalue weighted by Crippen LogP contribution is -2.45. The van der Waals surface area contributed by atoms with Crippen LogP contribution in [-0.4, -0.2) is 30.1 Å². The monoisotopic (exact) mass is 679 g/mol. The number of ketones is 2. The molecule has 1 aliphatic heterocycles. The Balaban J connectivity index is 1.36. The van der Waals surface area contributed by atoms with Gasteiger partial charge in [-0.2, -0.15) is 0 Å². The predicted molar refractivity (Wildman–Crippen MR) is 205 cm³/mol. The van der Waals surface area contributed by atoms with E-state index in [0.717, 1.165) is 69.3 Å². The van der Waals surface area contributed by atoms with E-state index in [1.165, 1.54) is 5.56 Å². The van der Waals surface area contributed by atoms with E-state index in [2.05, 4.69) is 99.8 Å². The maximum atomic E-state index is 14.5. The highest BCUT2D eigenvalue weighted by Crippen LogP contribution is 2.55. The molecular weight excluding hydrogens is 631 g/mol. The van der Waals surface area contributed by atoms with Crippen LogP contribution in [0, 0.1) is 10.8 Å². The van der Waals surface area contributed by atoms with Gasteiger partial charge in [0.2, 0.25) is 0 Å². The van der Waals surface area contributed by atoms with Crippen molar-refractivity contribution in [1.29, 1.82) is 0 Å². The summed E-state index contributed by atoms with van der Waals surface area (Å²) in [4.78, 5) is 31.3. The highest BCUT2D eigenvalue weighted by atomic mass is 16.5. The molecule has 4 aromatic rings. The van der Waals surface area contributed by atoms with Crippen LogP contribution in [0.3, 0.4) is 0 Å². The fourth-order valence-electron chi connectivity index (χ4n) is 8.58. The van der Waals surface area contributed by atoms with Crippen LogP contribution in [0.5, 0.6) is 11.5 Å². The Bertz CT molecular complexity index is 2020. The first-order chi connectivity index (χ1) is 24.5. The van der Waals surface area contributed by atoms with E-state index >= 15 is 0 Å². The van der Waals surface area contributed by atoms with E-state index in [0.29, 0.717) is 43.9 Å². The topological polar surface area (TPSA) is 55.8 Å². The summed E-state index contributed by atoms with van der Waals surface area (Å²) in [6.07, 6.45) is 5.67. The number of nitrogens with zero attached hydrogens (tertiary/aromatic N) is 1. The van der Waals surface area contributed by atoms with Crippen LogP contribution in [0.25, 0.3) is 10.8 Å². The number of methoxy groups -OCH3 is 1. The number of allylic oxidation sites excluding steroid dienone is 5. The number of benzene rings is 4. The fourth-order valence-corrected chi connectivity index (χ4v) is 8.58. The smallest absolute Gasteiger partial charge is 0.165 e. The van der Waals surface area contributed by atoms with Crippen LogP contribution >= 0.6 is 0 Å². The van der Waals surface area contributed by atoms with Gasteiger partial charge >= 0.3 is 0 Å². The van der Waals surface area contributed by atoms with Crippen molar-refractivity contribution in [1.82, 2.24) is 4.90 Å². The first-order valence-corrected chi connectivity index (χ1v) is 18.2. The van der Waals surface area contributed by atoms with Gasteiger partial charge in [0.05, 0.1) is 7.11 Å². The normalized spacial score (nSPS) is 18.5. The maximum Gasteiger partial charge on any atom is 0.165 e. The summed E-state index contributed by atoms with van der Waals surface area (Å²) in [5, 5.41) is 2.31. The largest absolute Gasteiger partial charge is 0.493 e. The second-order valence-corrected chi connectivity index (χ2v) is 16.1. The zero-order valence-electron chi connectivity index (χ0n) is 30.7. The van der Waals surface area contributed by atoms with Crippen molar-refractivity contribution in [2.45, 2.75) is 78.7 Å². The number of fused-ring (bicyclic) bond motifs is 1. The Morgan fingerprint density at radius 1 is 0.784 bits per heavy atom. The van der Waals surface area contributed by atoms with Crippen molar-refractivity contribution < 1.29 is 19.1 Å². The molecule has 7 rings (SSSR count). The van der Waals surface area contributed by atoms with Crippen molar-refractivity contribution in [3.8, 4) is 11.5 Å². The van der Waals surface area contributed by atoms with E-state index in [1.54, 1.807) is 7.11 Å². The number of Topliss-reactive ketones (excluding diaryl/α,β-unsaturated/α-hetero) is 2. The summed E-state index contributed by atoms with van der Waals surface area (Å²) < 4.78 is 12.7. The molecule has 0 fully saturated rings. The van der Waals surface area contributed by atoms with Gasteiger partial charge < -0.3 is 14.4 Å². The van der Waals surface area contributed by atoms with Crippen LogP contribution in [0.1, 0.15) is 81.5 Å². The molecule has 0 spiro atoms. The molecule has 0 bridgehead atoms. The minimum Gasteiger partial charge on any atom is -0.493 e. The molecule has 0 atom stereocenters. The average Bonchev–Trinajstić information content (AvgIpc) is 3.09. The number of rotatable bonds is 10.